The minimum atomic E-state index is -0.151. The summed E-state index contributed by atoms with van der Waals surface area (Å²) in [5, 5.41) is 3.31. The molecule has 0 aromatic heterocycles. The second-order valence-corrected chi connectivity index (χ2v) is 5.22. The highest BCUT2D eigenvalue weighted by Crippen LogP contribution is 2.24. The van der Waals surface area contributed by atoms with Crippen LogP contribution in [0.25, 0.3) is 0 Å². The zero-order chi connectivity index (χ0) is 14.5. The van der Waals surface area contributed by atoms with Crippen molar-refractivity contribution in [3.63, 3.8) is 0 Å². The van der Waals surface area contributed by atoms with Crippen LogP contribution >= 0.6 is 0 Å². The molecule has 1 unspecified atom stereocenters. The monoisotopic (exact) mass is 271 g/mol. The molecule has 0 aliphatic heterocycles. The van der Waals surface area contributed by atoms with Gasteiger partial charge in [-0.2, -0.15) is 0 Å². The van der Waals surface area contributed by atoms with Crippen molar-refractivity contribution in [2.24, 2.45) is 0 Å². The highest BCUT2D eigenvalue weighted by Gasteiger charge is 2.13. The van der Waals surface area contributed by atoms with Crippen LogP contribution in [0.2, 0.25) is 0 Å². The van der Waals surface area contributed by atoms with E-state index < -0.39 is 0 Å². The van der Waals surface area contributed by atoms with Gasteiger partial charge in [0.2, 0.25) is 0 Å². The average Bonchev–Trinajstić information content (AvgIpc) is 2.46. The lowest BCUT2D eigenvalue weighted by Gasteiger charge is -2.18. The third-order valence-corrected chi connectivity index (χ3v) is 3.66. The van der Waals surface area contributed by atoms with Crippen LogP contribution in [-0.4, -0.2) is 7.05 Å². The predicted molar refractivity (Wildman–Crippen MR) is 82.5 cm³/mol. The second-order valence-electron chi connectivity index (χ2n) is 5.22. The van der Waals surface area contributed by atoms with Gasteiger partial charge < -0.3 is 5.32 Å². The third-order valence-electron chi connectivity index (χ3n) is 3.66. The molecule has 0 fully saturated rings. The number of halogens is 1. The summed E-state index contributed by atoms with van der Waals surface area (Å²) in [6.45, 7) is 3.99. The van der Waals surface area contributed by atoms with Gasteiger partial charge in [-0.15, -0.1) is 0 Å². The van der Waals surface area contributed by atoms with E-state index in [2.05, 4.69) is 36.5 Å². The normalized spacial score (nSPS) is 12.4. The maximum atomic E-state index is 13.4. The maximum absolute atomic E-state index is 13.4. The average molecular weight is 271 g/mol. The quantitative estimate of drug-likeness (QED) is 0.850. The molecule has 2 aromatic rings. The van der Waals surface area contributed by atoms with E-state index in [0.717, 1.165) is 18.4 Å². The van der Waals surface area contributed by atoms with Crippen molar-refractivity contribution in [2.75, 3.05) is 7.05 Å². The smallest absolute Gasteiger partial charge is 0.126 e. The minimum Gasteiger partial charge on any atom is -0.309 e. The Labute approximate surface area is 120 Å². The molecule has 0 spiro atoms. The van der Waals surface area contributed by atoms with Crippen LogP contribution in [0.4, 0.5) is 4.39 Å². The van der Waals surface area contributed by atoms with Crippen LogP contribution in [0, 0.1) is 12.7 Å². The number of aryl methyl sites for hydroxylation is 2. The van der Waals surface area contributed by atoms with Gasteiger partial charge in [-0.05, 0) is 48.7 Å². The molecule has 2 aromatic carbocycles. The summed E-state index contributed by atoms with van der Waals surface area (Å²) in [6, 6.07) is 14.1. The van der Waals surface area contributed by atoms with Gasteiger partial charge in [-0.25, -0.2) is 4.39 Å². The van der Waals surface area contributed by atoms with Gasteiger partial charge in [0.05, 0.1) is 6.04 Å². The summed E-state index contributed by atoms with van der Waals surface area (Å²) in [5.74, 6) is -0.151. The number of rotatable bonds is 5. The molecule has 2 heteroatoms. The zero-order valence-corrected chi connectivity index (χ0v) is 12.4. The van der Waals surface area contributed by atoms with Crippen molar-refractivity contribution >= 4 is 0 Å². The van der Waals surface area contributed by atoms with Gasteiger partial charge >= 0.3 is 0 Å². The summed E-state index contributed by atoms with van der Waals surface area (Å²) >= 11 is 0. The molecule has 0 radical (unpaired) electrons. The first-order valence-electron chi connectivity index (χ1n) is 7.18. The first-order chi connectivity index (χ1) is 9.65. The lowest BCUT2D eigenvalue weighted by atomic mass is 9.96. The second kappa shape index (κ2) is 6.67. The fraction of sp³-hybridized carbons (Fsp3) is 0.333. The van der Waals surface area contributed by atoms with E-state index in [1.807, 2.05) is 19.2 Å². The van der Waals surface area contributed by atoms with Crippen LogP contribution in [0.15, 0.2) is 42.5 Å². The Morgan fingerprint density at radius 1 is 1.05 bits per heavy atom. The molecule has 0 bridgehead atoms. The van der Waals surface area contributed by atoms with Crippen molar-refractivity contribution in [1.29, 1.82) is 0 Å². The van der Waals surface area contributed by atoms with Crippen LogP contribution in [-0.2, 0) is 6.42 Å². The third kappa shape index (κ3) is 3.26. The van der Waals surface area contributed by atoms with E-state index in [0.29, 0.717) is 5.56 Å². The summed E-state index contributed by atoms with van der Waals surface area (Å²) < 4.78 is 13.4. The largest absolute Gasteiger partial charge is 0.309 e. The van der Waals surface area contributed by atoms with E-state index in [-0.39, 0.29) is 11.9 Å². The molecule has 20 heavy (non-hydrogen) atoms. The standard InChI is InChI=1S/C18H22FN/c1-4-5-14-6-8-15(9-7-14)18(20-3)16-10-11-17(19)13(2)12-16/h6-12,18,20H,4-5H2,1-3H3. The van der Waals surface area contributed by atoms with Gasteiger partial charge in [-0.1, -0.05) is 49.7 Å². The Hall–Kier alpha value is -1.67. The highest BCUT2D eigenvalue weighted by molar-refractivity contribution is 5.35. The summed E-state index contributed by atoms with van der Waals surface area (Å²) in [5.41, 5.74) is 4.35. The molecule has 1 nitrogen and oxygen atoms in total. The summed E-state index contributed by atoms with van der Waals surface area (Å²) in [7, 11) is 1.93. The fourth-order valence-electron chi connectivity index (χ4n) is 2.54. The lowest BCUT2D eigenvalue weighted by Crippen LogP contribution is -2.17. The number of benzene rings is 2. The first-order valence-corrected chi connectivity index (χ1v) is 7.18. The Bertz CT molecular complexity index is 560. The van der Waals surface area contributed by atoms with E-state index in [9.17, 15) is 4.39 Å². The highest BCUT2D eigenvalue weighted by atomic mass is 19.1. The fourth-order valence-corrected chi connectivity index (χ4v) is 2.54. The molecular formula is C18H22FN. The minimum absolute atomic E-state index is 0.102. The van der Waals surface area contributed by atoms with Gasteiger partial charge in [0, 0.05) is 0 Å². The lowest BCUT2D eigenvalue weighted by molar-refractivity contribution is 0.614. The van der Waals surface area contributed by atoms with Gasteiger partial charge in [0.1, 0.15) is 5.82 Å². The molecule has 0 saturated heterocycles. The summed E-state index contributed by atoms with van der Waals surface area (Å²) in [6.07, 6.45) is 2.27. The Morgan fingerprint density at radius 3 is 2.25 bits per heavy atom. The molecule has 1 atom stereocenters. The van der Waals surface area contributed by atoms with Gasteiger partial charge in [0.25, 0.3) is 0 Å². The SMILES string of the molecule is CCCc1ccc(C(NC)c2ccc(F)c(C)c2)cc1. The Balaban J connectivity index is 2.29. The van der Waals surface area contributed by atoms with E-state index in [1.165, 1.54) is 11.1 Å². The van der Waals surface area contributed by atoms with Gasteiger partial charge in [0.15, 0.2) is 0 Å². The van der Waals surface area contributed by atoms with Crippen molar-refractivity contribution in [3.8, 4) is 0 Å². The number of hydrogen-bond donors (Lipinski definition) is 1. The number of hydrogen-bond acceptors (Lipinski definition) is 1. The van der Waals surface area contributed by atoms with Crippen LogP contribution in [0.5, 0.6) is 0 Å². The topological polar surface area (TPSA) is 12.0 Å². The van der Waals surface area contributed by atoms with Crippen molar-refractivity contribution < 1.29 is 4.39 Å². The molecule has 0 saturated carbocycles. The molecular weight excluding hydrogens is 249 g/mol. The maximum Gasteiger partial charge on any atom is 0.126 e. The molecule has 1 N–H and O–H groups in total. The Morgan fingerprint density at radius 2 is 1.70 bits per heavy atom. The van der Waals surface area contributed by atoms with Crippen molar-refractivity contribution in [1.82, 2.24) is 5.32 Å². The van der Waals surface area contributed by atoms with Crippen LogP contribution in [0.1, 0.15) is 41.6 Å². The van der Waals surface area contributed by atoms with Crippen molar-refractivity contribution in [3.05, 3.63) is 70.5 Å². The molecule has 0 aliphatic carbocycles. The molecule has 2 rings (SSSR count). The van der Waals surface area contributed by atoms with Crippen molar-refractivity contribution in [2.45, 2.75) is 32.7 Å². The first kappa shape index (κ1) is 14.7. The van der Waals surface area contributed by atoms with Crippen LogP contribution < -0.4 is 5.32 Å². The van der Waals surface area contributed by atoms with E-state index in [1.54, 1.807) is 13.0 Å². The Kier molecular flexibility index (Phi) is 4.91. The van der Waals surface area contributed by atoms with E-state index in [4.69, 9.17) is 0 Å². The van der Waals surface area contributed by atoms with Crippen LogP contribution in [0.3, 0.4) is 0 Å². The zero-order valence-electron chi connectivity index (χ0n) is 12.4. The van der Waals surface area contributed by atoms with E-state index >= 15 is 0 Å². The molecule has 0 heterocycles. The molecule has 0 aliphatic rings. The predicted octanol–water partition coefficient (Wildman–Crippen LogP) is 4.40. The van der Waals surface area contributed by atoms with Gasteiger partial charge in [-0.3, -0.25) is 0 Å². The summed E-state index contributed by atoms with van der Waals surface area (Å²) in [4.78, 5) is 0. The number of nitrogens with one attached hydrogen (secondary N) is 1. The molecule has 0 amide bonds. The molecule has 106 valence electrons.